The van der Waals surface area contributed by atoms with Crippen molar-refractivity contribution in [1.82, 2.24) is 19.9 Å². The molecule has 3 N–H and O–H groups in total. The van der Waals surface area contributed by atoms with Gasteiger partial charge >= 0.3 is 6.09 Å². The van der Waals surface area contributed by atoms with Crippen LogP contribution >= 0.6 is 11.6 Å². The standard InChI is InChI=1S/C22H19ClFN5O4/c23-17-10-14(4-5-19(17)33-16-3-1-2-15(11-16)32-12-24)28-21-20-18(26-13-27-21)6-8-29(20)9-7-25-22(30)31/h1-6,8,10-11,13,25H,7,9,12H2,(H,30,31)(H,26,27,28). The second-order valence-corrected chi connectivity index (χ2v) is 7.20. The highest BCUT2D eigenvalue weighted by Crippen LogP contribution is 2.34. The van der Waals surface area contributed by atoms with E-state index in [4.69, 9.17) is 26.2 Å². The molecule has 0 aliphatic heterocycles. The molecule has 0 radical (unpaired) electrons. The Morgan fingerprint density at radius 3 is 2.79 bits per heavy atom. The van der Waals surface area contributed by atoms with E-state index in [2.05, 4.69) is 20.6 Å². The van der Waals surface area contributed by atoms with Gasteiger partial charge in [-0.15, -0.1) is 0 Å². The molecule has 0 bridgehead atoms. The summed E-state index contributed by atoms with van der Waals surface area (Å²) in [4.78, 5) is 19.3. The monoisotopic (exact) mass is 471 g/mol. The normalized spacial score (nSPS) is 10.7. The highest BCUT2D eigenvalue weighted by molar-refractivity contribution is 6.32. The number of aromatic nitrogens is 3. The quantitative estimate of drug-likeness (QED) is 0.308. The Bertz CT molecular complexity index is 1280. The first-order chi connectivity index (χ1) is 16.0. The van der Waals surface area contributed by atoms with Gasteiger partial charge in [0.1, 0.15) is 29.1 Å². The number of fused-ring (bicyclic) bond motifs is 1. The van der Waals surface area contributed by atoms with Gasteiger partial charge in [0.25, 0.3) is 0 Å². The lowest BCUT2D eigenvalue weighted by Gasteiger charge is -2.13. The SMILES string of the molecule is O=C(O)NCCn1ccc2ncnc(Nc3ccc(Oc4cccc(OCF)c4)c(Cl)c3)c21. The molecule has 0 spiro atoms. The summed E-state index contributed by atoms with van der Waals surface area (Å²) in [6.45, 7) is -0.278. The number of amides is 1. The summed E-state index contributed by atoms with van der Waals surface area (Å²) < 4.78 is 24.9. The fourth-order valence-electron chi connectivity index (χ4n) is 3.21. The highest BCUT2D eigenvalue weighted by Gasteiger charge is 2.12. The third-order valence-corrected chi connectivity index (χ3v) is 4.92. The molecule has 0 atom stereocenters. The Hall–Kier alpha value is -4.05. The Morgan fingerprint density at radius 1 is 1.15 bits per heavy atom. The van der Waals surface area contributed by atoms with E-state index in [1.54, 1.807) is 42.5 Å². The van der Waals surface area contributed by atoms with Crippen LogP contribution < -0.4 is 20.1 Å². The van der Waals surface area contributed by atoms with Crippen molar-refractivity contribution in [3.05, 3.63) is 66.1 Å². The molecule has 9 nitrogen and oxygen atoms in total. The minimum atomic E-state index is -1.08. The van der Waals surface area contributed by atoms with Crippen molar-refractivity contribution in [3.8, 4) is 17.2 Å². The predicted octanol–water partition coefficient (Wildman–Crippen LogP) is 5.19. The summed E-state index contributed by atoms with van der Waals surface area (Å²) in [5.74, 6) is 1.75. The topological polar surface area (TPSA) is 111 Å². The molecule has 1 amide bonds. The fraction of sp³-hybridized carbons (Fsp3) is 0.136. The van der Waals surface area contributed by atoms with Crippen LogP contribution in [0, 0.1) is 0 Å². The number of alkyl halides is 1. The molecule has 0 saturated carbocycles. The lowest BCUT2D eigenvalue weighted by Crippen LogP contribution is -2.25. The predicted molar refractivity (Wildman–Crippen MR) is 121 cm³/mol. The molecule has 2 aromatic carbocycles. The van der Waals surface area contributed by atoms with E-state index < -0.39 is 13.0 Å². The van der Waals surface area contributed by atoms with Crippen molar-refractivity contribution in [2.75, 3.05) is 18.7 Å². The summed E-state index contributed by atoms with van der Waals surface area (Å²) in [5.41, 5.74) is 2.10. The largest absolute Gasteiger partial charge is 0.465 e. The van der Waals surface area contributed by atoms with E-state index in [0.717, 1.165) is 5.52 Å². The zero-order valence-electron chi connectivity index (χ0n) is 17.2. The molecular weight excluding hydrogens is 453 g/mol. The zero-order chi connectivity index (χ0) is 23.2. The van der Waals surface area contributed by atoms with Gasteiger partial charge in [-0.3, -0.25) is 0 Å². The van der Waals surface area contributed by atoms with E-state index in [0.29, 0.717) is 45.8 Å². The number of hydrogen-bond acceptors (Lipinski definition) is 6. The van der Waals surface area contributed by atoms with Gasteiger partial charge in [0, 0.05) is 31.0 Å². The average molecular weight is 472 g/mol. The number of nitrogens with zero attached hydrogens (tertiary/aromatic N) is 3. The Labute approximate surface area is 192 Å². The summed E-state index contributed by atoms with van der Waals surface area (Å²) in [6.07, 6.45) is 2.18. The summed E-state index contributed by atoms with van der Waals surface area (Å²) in [6, 6.07) is 13.6. The molecule has 33 heavy (non-hydrogen) atoms. The lowest BCUT2D eigenvalue weighted by atomic mass is 10.2. The molecule has 0 fully saturated rings. The van der Waals surface area contributed by atoms with Gasteiger partial charge in [-0.1, -0.05) is 17.7 Å². The van der Waals surface area contributed by atoms with Crippen molar-refractivity contribution in [3.63, 3.8) is 0 Å². The third-order valence-electron chi connectivity index (χ3n) is 4.63. The average Bonchev–Trinajstić information content (AvgIpc) is 3.20. The molecular formula is C22H19ClFN5O4. The van der Waals surface area contributed by atoms with Gasteiger partial charge in [0.15, 0.2) is 5.82 Å². The van der Waals surface area contributed by atoms with E-state index in [-0.39, 0.29) is 6.54 Å². The first-order valence-electron chi connectivity index (χ1n) is 9.83. The van der Waals surface area contributed by atoms with Gasteiger partial charge in [-0.25, -0.2) is 19.2 Å². The van der Waals surface area contributed by atoms with Crippen LogP contribution in [0.5, 0.6) is 17.2 Å². The molecule has 4 rings (SSSR count). The van der Waals surface area contributed by atoms with Crippen LogP contribution in [0.2, 0.25) is 5.02 Å². The van der Waals surface area contributed by atoms with E-state index in [1.807, 2.05) is 16.8 Å². The molecule has 0 saturated heterocycles. The van der Waals surface area contributed by atoms with Crippen LogP contribution in [-0.2, 0) is 6.54 Å². The maximum absolute atomic E-state index is 12.4. The Kier molecular flexibility index (Phi) is 6.75. The van der Waals surface area contributed by atoms with Crippen molar-refractivity contribution in [2.24, 2.45) is 0 Å². The number of hydrogen-bond donors (Lipinski definition) is 3. The molecule has 170 valence electrons. The van der Waals surface area contributed by atoms with E-state index in [1.165, 1.54) is 6.33 Å². The maximum Gasteiger partial charge on any atom is 0.404 e. The van der Waals surface area contributed by atoms with Crippen LogP contribution in [0.15, 0.2) is 61.1 Å². The fourth-order valence-corrected chi connectivity index (χ4v) is 3.43. The smallest absolute Gasteiger partial charge is 0.404 e. The van der Waals surface area contributed by atoms with Crippen LogP contribution in [0.1, 0.15) is 0 Å². The summed E-state index contributed by atoms with van der Waals surface area (Å²) in [5, 5.41) is 14.7. The van der Waals surface area contributed by atoms with E-state index in [9.17, 15) is 9.18 Å². The van der Waals surface area contributed by atoms with Crippen LogP contribution in [0.3, 0.4) is 0 Å². The van der Waals surface area contributed by atoms with Gasteiger partial charge in [-0.05, 0) is 36.4 Å². The van der Waals surface area contributed by atoms with E-state index >= 15 is 0 Å². The number of carboxylic acid groups (broad SMARTS) is 1. The second-order valence-electron chi connectivity index (χ2n) is 6.80. The Morgan fingerprint density at radius 2 is 2.00 bits per heavy atom. The zero-order valence-corrected chi connectivity index (χ0v) is 17.9. The molecule has 4 aromatic rings. The minimum Gasteiger partial charge on any atom is -0.465 e. The van der Waals surface area contributed by atoms with Crippen molar-refractivity contribution < 1.29 is 23.8 Å². The highest BCUT2D eigenvalue weighted by atomic mass is 35.5. The third kappa shape index (κ3) is 5.42. The first-order valence-corrected chi connectivity index (χ1v) is 10.2. The first kappa shape index (κ1) is 22.2. The molecule has 0 aliphatic carbocycles. The maximum atomic E-state index is 12.4. The summed E-state index contributed by atoms with van der Waals surface area (Å²) in [7, 11) is 0. The lowest BCUT2D eigenvalue weighted by molar-refractivity contribution is 0.191. The van der Waals surface area contributed by atoms with Gasteiger partial charge in [-0.2, -0.15) is 0 Å². The van der Waals surface area contributed by atoms with Gasteiger partial charge < -0.3 is 29.8 Å². The van der Waals surface area contributed by atoms with Crippen molar-refractivity contribution >= 4 is 40.2 Å². The molecule has 0 unspecified atom stereocenters. The number of carbonyl (C=O) groups is 1. The molecule has 0 aliphatic rings. The molecule has 2 heterocycles. The van der Waals surface area contributed by atoms with Gasteiger partial charge in [0.05, 0.1) is 10.5 Å². The van der Waals surface area contributed by atoms with Gasteiger partial charge in [0.2, 0.25) is 6.86 Å². The number of nitrogens with one attached hydrogen (secondary N) is 2. The van der Waals surface area contributed by atoms with Crippen molar-refractivity contribution in [1.29, 1.82) is 0 Å². The van der Waals surface area contributed by atoms with Crippen LogP contribution in [-0.4, -0.2) is 39.1 Å². The number of rotatable bonds is 9. The second kappa shape index (κ2) is 10.0. The van der Waals surface area contributed by atoms with Crippen molar-refractivity contribution in [2.45, 2.75) is 6.54 Å². The number of halogens is 2. The number of anilines is 2. The number of benzene rings is 2. The molecule has 2 aromatic heterocycles. The number of ether oxygens (including phenoxy) is 2. The van der Waals surface area contributed by atoms with Crippen LogP contribution in [0.4, 0.5) is 20.7 Å². The molecule has 11 heteroatoms. The van der Waals surface area contributed by atoms with Crippen LogP contribution in [0.25, 0.3) is 11.0 Å². The Balaban J connectivity index is 1.53. The summed E-state index contributed by atoms with van der Waals surface area (Å²) >= 11 is 6.41. The minimum absolute atomic E-state index is 0.239.